The smallest absolute Gasteiger partial charge is 0.274 e. The number of hydrogen-bond donors (Lipinski definition) is 1. The van der Waals surface area contributed by atoms with Crippen molar-refractivity contribution in [3.63, 3.8) is 0 Å². The van der Waals surface area contributed by atoms with Gasteiger partial charge >= 0.3 is 0 Å². The summed E-state index contributed by atoms with van der Waals surface area (Å²) in [7, 11) is 0. The fourth-order valence-corrected chi connectivity index (χ4v) is 4.14. The average Bonchev–Trinajstić information content (AvgIpc) is 2.63. The molecule has 1 amide bonds. The minimum absolute atomic E-state index is 0.0180. The Balaban J connectivity index is 1.56. The van der Waals surface area contributed by atoms with Crippen LogP contribution in [0.2, 0.25) is 0 Å². The minimum Gasteiger partial charge on any atom is -0.377 e. The van der Waals surface area contributed by atoms with Crippen molar-refractivity contribution in [1.82, 2.24) is 9.47 Å². The molecule has 1 aromatic carbocycles. The molecule has 2 atom stereocenters. The Labute approximate surface area is 151 Å². The van der Waals surface area contributed by atoms with Gasteiger partial charge in [-0.25, -0.2) is 4.39 Å². The van der Waals surface area contributed by atoms with E-state index in [9.17, 15) is 14.0 Å². The number of halogens is 1. The standard InChI is InChI=1S/C20H22FN3O2/c1-13(25)23-10-15-8-16(12-23)19-7-6-18(20(26)24(19)11-15)22-9-14-2-4-17(21)5-3-14/h2-7,15-16,22H,8-12H2,1H3/t15-,16+/m0/s1. The predicted octanol–water partition coefficient (Wildman–Crippen LogP) is 2.57. The molecule has 0 aliphatic carbocycles. The van der Waals surface area contributed by atoms with Gasteiger partial charge in [0.25, 0.3) is 5.56 Å². The molecule has 4 rings (SSSR count). The van der Waals surface area contributed by atoms with Crippen LogP contribution in [0, 0.1) is 11.7 Å². The molecule has 1 N–H and O–H groups in total. The lowest BCUT2D eigenvalue weighted by Gasteiger charge is -2.42. The van der Waals surface area contributed by atoms with E-state index < -0.39 is 0 Å². The molecule has 1 saturated heterocycles. The minimum atomic E-state index is -0.270. The first-order valence-electron chi connectivity index (χ1n) is 8.99. The van der Waals surface area contributed by atoms with E-state index in [4.69, 9.17) is 0 Å². The van der Waals surface area contributed by atoms with Crippen molar-refractivity contribution in [3.8, 4) is 0 Å². The number of fused-ring (bicyclic) bond motifs is 4. The first-order valence-corrected chi connectivity index (χ1v) is 8.99. The highest BCUT2D eigenvalue weighted by Crippen LogP contribution is 2.35. The number of amides is 1. The zero-order chi connectivity index (χ0) is 18.3. The van der Waals surface area contributed by atoms with Gasteiger partial charge in [-0.3, -0.25) is 9.59 Å². The summed E-state index contributed by atoms with van der Waals surface area (Å²) < 4.78 is 14.9. The monoisotopic (exact) mass is 355 g/mol. The molecule has 1 aromatic heterocycles. The number of carbonyl (C=O) groups is 1. The Bertz CT molecular complexity index is 891. The fraction of sp³-hybridized carbons (Fsp3) is 0.400. The Morgan fingerprint density at radius 1 is 1.15 bits per heavy atom. The summed E-state index contributed by atoms with van der Waals surface area (Å²) in [6.07, 6.45) is 1.03. The van der Waals surface area contributed by atoms with Crippen LogP contribution < -0.4 is 10.9 Å². The number of benzene rings is 1. The quantitative estimate of drug-likeness (QED) is 0.921. The second-order valence-corrected chi connectivity index (χ2v) is 7.29. The second kappa shape index (κ2) is 6.59. The highest BCUT2D eigenvalue weighted by molar-refractivity contribution is 5.73. The van der Waals surface area contributed by atoms with E-state index in [2.05, 4.69) is 5.32 Å². The molecule has 5 nitrogen and oxygen atoms in total. The van der Waals surface area contributed by atoms with Gasteiger partial charge in [0, 0.05) is 44.7 Å². The van der Waals surface area contributed by atoms with Crippen LogP contribution in [0.15, 0.2) is 41.2 Å². The van der Waals surface area contributed by atoms with Crippen LogP contribution in [0.1, 0.15) is 30.5 Å². The van der Waals surface area contributed by atoms with E-state index in [1.54, 1.807) is 19.1 Å². The first-order chi connectivity index (χ1) is 12.5. The molecule has 2 aromatic rings. The van der Waals surface area contributed by atoms with Crippen LogP contribution >= 0.6 is 0 Å². The molecular formula is C20H22FN3O2. The third kappa shape index (κ3) is 3.11. The van der Waals surface area contributed by atoms with Gasteiger partial charge in [0.1, 0.15) is 11.5 Å². The van der Waals surface area contributed by atoms with Crippen LogP contribution in [-0.2, 0) is 17.9 Å². The van der Waals surface area contributed by atoms with Crippen LogP contribution in [0.5, 0.6) is 0 Å². The predicted molar refractivity (Wildman–Crippen MR) is 97.5 cm³/mol. The van der Waals surface area contributed by atoms with E-state index in [0.717, 1.165) is 24.2 Å². The molecule has 0 spiro atoms. The molecule has 3 heterocycles. The number of hydrogen-bond acceptors (Lipinski definition) is 3. The van der Waals surface area contributed by atoms with Gasteiger partial charge in [0.15, 0.2) is 0 Å². The lowest BCUT2D eigenvalue weighted by Crippen LogP contribution is -2.48. The van der Waals surface area contributed by atoms with Crippen molar-refractivity contribution in [2.75, 3.05) is 18.4 Å². The zero-order valence-corrected chi connectivity index (χ0v) is 14.7. The Morgan fingerprint density at radius 3 is 2.65 bits per heavy atom. The molecule has 2 aliphatic rings. The third-order valence-electron chi connectivity index (χ3n) is 5.45. The maximum atomic E-state index is 13.0. The van der Waals surface area contributed by atoms with Crippen molar-refractivity contribution in [1.29, 1.82) is 0 Å². The topological polar surface area (TPSA) is 54.3 Å². The lowest BCUT2D eigenvalue weighted by molar-refractivity contribution is -0.131. The Morgan fingerprint density at radius 2 is 1.92 bits per heavy atom. The van der Waals surface area contributed by atoms with Crippen LogP contribution in [-0.4, -0.2) is 28.5 Å². The van der Waals surface area contributed by atoms with E-state index in [-0.39, 0.29) is 23.2 Å². The zero-order valence-electron chi connectivity index (χ0n) is 14.7. The highest BCUT2D eigenvalue weighted by Gasteiger charge is 2.35. The average molecular weight is 355 g/mol. The number of nitrogens with one attached hydrogen (secondary N) is 1. The molecule has 2 bridgehead atoms. The number of carbonyl (C=O) groups excluding carboxylic acids is 1. The van der Waals surface area contributed by atoms with Crippen molar-refractivity contribution in [2.24, 2.45) is 5.92 Å². The van der Waals surface area contributed by atoms with Gasteiger partial charge in [-0.2, -0.15) is 0 Å². The first kappa shape index (κ1) is 16.8. The summed E-state index contributed by atoms with van der Waals surface area (Å²) in [6.45, 7) is 4.15. The van der Waals surface area contributed by atoms with Gasteiger partial charge < -0.3 is 14.8 Å². The summed E-state index contributed by atoms with van der Waals surface area (Å²) in [4.78, 5) is 26.5. The normalized spacial score (nSPS) is 21.2. The molecule has 0 unspecified atom stereocenters. The van der Waals surface area contributed by atoms with E-state index in [1.807, 2.05) is 21.6 Å². The number of likely N-dealkylation sites (tertiary alicyclic amines) is 1. The number of piperidine rings is 1. The lowest BCUT2D eigenvalue weighted by atomic mass is 9.83. The van der Waals surface area contributed by atoms with Gasteiger partial charge in [-0.05, 0) is 42.2 Å². The third-order valence-corrected chi connectivity index (χ3v) is 5.45. The molecule has 6 heteroatoms. The Kier molecular flexibility index (Phi) is 4.26. The molecule has 1 fully saturated rings. The van der Waals surface area contributed by atoms with Crippen molar-refractivity contribution >= 4 is 11.6 Å². The molecule has 0 radical (unpaired) electrons. The van der Waals surface area contributed by atoms with Crippen molar-refractivity contribution in [2.45, 2.75) is 32.4 Å². The molecular weight excluding hydrogens is 333 g/mol. The fourth-order valence-electron chi connectivity index (χ4n) is 4.14. The summed E-state index contributed by atoms with van der Waals surface area (Å²) >= 11 is 0. The molecule has 26 heavy (non-hydrogen) atoms. The second-order valence-electron chi connectivity index (χ2n) is 7.29. The van der Waals surface area contributed by atoms with Gasteiger partial charge in [-0.15, -0.1) is 0 Å². The summed E-state index contributed by atoms with van der Waals surface area (Å²) in [5, 5.41) is 3.17. The number of rotatable bonds is 3. The summed E-state index contributed by atoms with van der Waals surface area (Å²) in [5.41, 5.74) is 2.48. The van der Waals surface area contributed by atoms with E-state index >= 15 is 0 Å². The van der Waals surface area contributed by atoms with Crippen molar-refractivity contribution < 1.29 is 9.18 Å². The van der Waals surface area contributed by atoms with Crippen LogP contribution in [0.25, 0.3) is 0 Å². The molecule has 136 valence electrons. The number of aromatic nitrogens is 1. The molecule has 2 aliphatic heterocycles. The van der Waals surface area contributed by atoms with Crippen molar-refractivity contribution in [3.05, 3.63) is 63.8 Å². The summed E-state index contributed by atoms with van der Waals surface area (Å²) in [6, 6.07) is 10.1. The SMILES string of the molecule is CC(=O)N1C[C@@H]2C[C@H](C1)c1ccc(NCc3ccc(F)cc3)c(=O)n1C2. The van der Waals surface area contributed by atoms with Gasteiger partial charge in [0.05, 0.1) is 0 Å². The Hall–Kier alpha value is -2.63. The largest absolute Gasteiger partial charge is 0.377 e. The van der Waals surface area contributed by atoms with Crippen LogP contribution in [0.3, 0.4) is 0 Å². The van der Waals surface area contributed by atoms with E-state index in [1.165, 1.54) is 12.1 Å². The maximum Gasteiger partial charge on any atom is 0.274 e. The number of anilines is 1. The maximum absolute atomic E-state index is 13.0. The number of nitrogens with zero attached hydrogens (tertiary/aromatic N) is 2. The summed E-state index contributed by atoms with van der Waals surface area (Å²) in [5.74, 6) is 0.391. The number of pyridine rings is 1. The van der Waals surface area contributed by atoms with Crippen LogP contribution in [0.4, 0.5) is 10.1 Å². The highest BCUT2D eigenvalue weighted by atomic mass is 19.1. The van der Waals surface area contributed by atoms with E-state index in [0.29, 0.717) is 31.2 Å². The molecule has 0 saturated carbocycles. The van der Waals surface area contributed by atoms with Gasteiger partial charge in [0.2, 0.25) is 5.91 Å². The van der Waals surface area contributed by atoms with Gasteiger partial charge in [-0.1, -0.05) is 12.1 Å².